The Balaban J connectivity index is 0.00000295. The molecule has 0 aliphatic carbocycles. The Bertz CT molecular complexity index is 2210. The molecule has 4 aromatic carbocycles. The van der Waals surface area contributed by atoms with Crippen LogP contribution in [0.5, 0.6) is 0 Å². The lowest BCUT2D eigenvalue weighted by atomic mass is 9.72. The predicted molar refractivity (Wildman–Crippen MR) is 214 cm³/mol. The summed E-state index contributed by atoms with van der Waals surface area (Å²) in [6.45, 7) is 24.3. The Morgan fingerprint density at radius 1 is 0.643 bits per heavy atom. The number of halogens is 8. The molecule has 0 bridgehead atoms. The van der Waals surface area contributed by atoms with Gasteiger partial charge >= 0.3 is 0 Å². The lowest BCUT2D eigenvalue weighted by Crippen LogP contribution is -2.51. The normalized spacial score (nSPS) is 18.6. The van der Waals surface area contributed by atoms with E-state index < -0.39 is 85.2 Å². The zero-order chi connectivity index (χ0) is 41.8. The van der Waals surface area contributed by atoms with Crippen molar-refractivity contribution in [3.05, 3.63) is 144 Å². The maximum absolute atomic E-state index is 15.9. The highest BCUT2D eigenvalue weighted by molar-refractivity contribution is 8.00. The van der Waals surface area contributed by atoms with E-state index in [-0.39, 0.29) is 35.6 Å². The molecule has 0 amide bonds. The fourth-order valence-corrected chi connectivity index (χ4v) is 8.64. The zero-order valence-electron chi connectivity index (χ0n) is 31.2. The van der Waals surface area contributed by atoms with Crippen molar-refractivity contribution in [1.29, 1.82) is 0 Å². The topological polar surface area (TPSA) is 32.5 Å². The van der Waals surface area contributed by atoms with Crippen molar-refractivity contribution in [2.75, 3.05) is 9.80 Å². The summed E-state index contributed by atoms with van der Waals surface area (Å²) in [7, 11) is 0. The lowest BCUT2D eigenvalue weighted by Gasteiger charge is -2.39. The summed E-state index contributed by atoms with van der Waals surface area (Å²) in [5.41, 5.74) is -2.47. The van der Waals surface area contributed by atoms with Crippen molar-refractivity contribution in [3.63, 3.8) is 0 Å². The van der Waals surface area contributed by atoms with Crippen LogP contribution in [-0.2, 0) is 0 Å². The van der Waals surface area contributed by atoms with E-state index in [0.29, 0.717) is 4.90 Å². The number of hydrogen-bond donors (Lipinski definition) is 2. The largest absolute Gasteiger partial charge is 0.319 e. The smallest absolute Gasteiger partial charge is 0.186 e. The molecule has 2 heterocycles. The van der Waals surface area contributed by atoms with E-state index in [1.807, 2.05) is 62.4 Å². The minimum atomic E-state index is -2.31. The highest BCUT2D eigenvalue weighted by Gasteiger charge is 2.51. The van der Waals surface area contributed by atoms with Crippen LogP contribution in [0.4, 0.5) is 46.5 Å². The minimum Gasteiger partial charge on any atom is -0.319 e. The summed E-state index contributed by atoms with van der Waals surface area (Å²) in [5, 5.41) is -0.588. The van der Waals surface area contributed by atoms with Crippen molar-refractivity contribution < 1.29 is 35.1 Å². The Morgan fingerprint density at radius 3 is 1.45 bits per heavy atom. The van der Waals surface area contributed by atoms with Gasteiger partial charge in [-0.2, -0.15) is 0 Å². The number of rotatable bonds is 7. The van der Waals surface area contributed by atoms with Gasteiger partial charge in [0.05, 0.1) is 21.9 Å². The van der Waals surface area contributed by atoms with Gasteiger partial charge in [0.25, 0.3) is 0 Å². The Morgan fingerprint density at radius 2 is 1.04 bits per heavy atom. The minimum absolute atomic E-state index is 0.00996. The molecule has 3 nitrogen and oxygen atoms in total. The number of nitrogens with zero attached hydrogens (tertiary/aromatic N) is 2. The van der Waals surface area contributed by atoms with E-state index >= 15 is 35.1 Å². The molecule has 2 fully saturated rings. The average Bonchev–Trinajstić information content (AvgIpc) is 3.56. The number of thiol groups is 1. The Labute approximate surface area is 335 Å². The molecule has 0 spiro atoms. The SMILES string of the molecule is C=C1CC(Sc2ccc(Sc3ccc(S)cc3)cc2)C(=C)N1c1c(F)c(F)c(-c2c(F)c(F)c(N3C(=C)CC(N)(C(C)(C)C)C3=C)c(F)c2F)c(F)c1F.CC. The first kappa shape index (κ1) is 43.0. The second-order valence-electron chi connectivity index (χ2n) is 14.0. The van der Waals surface area contributed by atoms with Crippen molar-refractivity contribution in [2.24, 2.45) is 11.1 Å². The fraction of sp³-hybridized carbons (Fsp3) is 0.238. The molecule has 0 saturated carbocycles. The van der Waals surface area contributed by atoms with Gasteiger partial charge in [-0.15, -0.1) is 24.4 Å². The number of allylic oxidation sites excluding steroid dienone is 1. The number of anilines is 2. The highest BCUT2D eigenvalue weighted by Crippen LogP contribution is 2.52. The molecule has 2 saturated heterocycles. The van der Waals surface area contributed by atoms with Gasteiger partial charge in [0.2, 0.25) is 0 Å². The quantitative estimate of drug-likeness (QED) is 0.110. The molecule has 296 valence electrons. The molecule has 2 atom stereocenters. The number of hydrogen-bond acceptors (Lipinski definition) is 6. The maximum Gasteiger partial charge on any atom is 0.186 e. The molecular formula is C42H39F8N3S3. The Kier molecular flexibility index (Phi) is 12.3. The number of nitrogens with two attached hydrogens (primary N) is 1. The molecule has 2 unspecified atom stereocenters. The van der Waals surface area contributed by atoms with Gasteiger partial charge in [0.15, 0.2) is 46.5 Å². The third kappa shape index (κ3) is 7.29. The van der Waals surface area contributed by atoms with Crippen LogP contribution in [0.25, 0.3) is 11.1 Å². The van der Waals surface area contributed by atoms with Crippen LogP contribution in [0.2, 0.25) is 0 Å². The van der Waals surface area contributed by atoms with Crippen LogP contribution in [-0.4, -0.2) is 10.8 Å². The summed E-state index contributed by atoms with van der Waals surface area (Å²) in [4.78, 5) is 4.98. The van der Waals surface area contributed by atoms with Crippen molar-refractivity contribution in [3.8, 4) is 11.1 Å². The van der Waals surface area contributed by atoms with Crippen LogP contribution in [0, 0.1) is 52.0 Å². The second-order valence-corrected chi connectivity index (χ2v) is 16.9. The molecule has 2 aliphatic rings. The standard InChI is InChI=1S/C40H33F8N3S3.C2H6/c1-18-16-26(54-25-14-12-24(13-15-25)53-23-10-8-22(52)9-11-23)20(3)50(18)37-33(45)29(41)27(30(42)34(37)46)28-31(43)35(47)38(36(48)32(28)44)51-19(2)17-40(49,21(51)4)39(5,6)7;1-2/h8-15,26,52H,1-4,16-17,49H2,5-7H3;1-2H3. The molecule has 0 radical (unpaired) electrons. The van der Waals surface area contributed by atoms with Gasteiger partial charge in [-0.25, -0.2) is 35.1 Å². The molecule has 2 N–H and O–H groups in total. The fourth-order valence-electron chi connectivity index (χ4n) is 6.54. The van der Waals surface area contributed by atoms with Crippen molar-refractivity contribution in [2.45, 2.75) is 77.8 Å². The van der Waals surface area contributed by atoms with E-state index in [1.54, 1.807) is 20.8 Å². The van der Waals surface area contributed by atoms with Gasteiger partial charge in [-0.3, -0.25) is 0 Å². The molecule has 14 heteroatoms. The van der Waals surface area contributed by atoms with E-state index in [1.165, 1.54) is 23.5 Å². The summed E-state index contributed by atoms with van der Waals surface area (Å²) >= 11 is 7.07. The third-order valence-electron chi connectivity index (χ3n) is 9.67. The first-order chi connectivity index (χ1) is 26.2. The van der Waals surface area contributed by atoms with E-state index in [9.17, 15) is 0 Å². The van der Waals surface area contributed by atoms with Gasteiger partial charge in [0.1, 0.15) is 11.4 Å². The molecule has 4 aromatic rings. The third-order valence-corrected chi connectivity index (χ3v) is 12.3. The van der Waals surface area contributed by atoms with Crippen LogP contribution >= 0.6 is 36.2 Å². The molecule has 2 aliphatic heterocycles. The first-order valence-electron chi connectivity index (χ1n) is 17.3. The van der Waals surface area contributed by atoms with Crippen LogP contribution in [0.1, 0.15) is 47.5 Å². The van der Waals surface area contributed by atoms with Crippen molar-refractivity contribution in [1.82, 2.24) is 0 Å². The van der Waals surface area contributed by atoms with Gasteiger partial charge in [-0.05, 0) is 53.9 Å². The molecule has 0 aromatic heterocycles. The van der Waals surface area contributed by atoms with E-state index in [2.05, 4.69) is 38.9 Å². The monoisotopic (exact) mass is 833 g/mol. The average molecular weight is 834 g/mol. The van der Waals surface area contributed by atoms with Crippen LogP contribution < -0.4 is 15.5 Å². The maximum atomic E-state index is 15.9. The number of thioether (sulfide) groups is 1. The van der Waals surface area contributed by atoms with Gasteiger partial charge < -0.3 is 15.5 Å². The summed E-state index contributed by atoms with van der Waals surface area (Å²) < 4.78 is 126. The van der Waals surface area contributed by atoms with Gasteiger partial charge in [-0.1, -0.05) is 72.7 Å². The summed E-state index contributed by atoms with van der Waals surface area (Å²) in [6, 6.07) is 15.0. The molecular weight excluding hydrogens is 795 g/mol. The van der Waals surface area contributed by atoms with Crippen molar-refractivity contribution >= 4 is 47.5 Å². The molecule has 56 heavy (non-hydrogen) atoms. The summed E-state index contributed by atoms with van der Waals surface area (Å²) in [6.07, 6.45) is -0.0434. The van der Waals surface area contributed by atoms with Gasteiger partial charge in [0, 0.05) is 55.2 Å². The van der Waals surface area contributed by atoms with Crippen LogP contribution in [0.15, 0.2) is 117 Å². The second kappa shape index (κ2) is 16.0. The Hall–Kier alpha value is -4.11. The van der Waals surface area contributed by atoms with E-state index in [0.717, 1.165) is 24.5 Å². The lowest BCUT2D eigenvalue weighted by molar-refractivity contribution is 0.239. The highest BCUT2D eigenvalue weighted by atomic mass is 32.2. The zero-order valence-corrected chi connectivity index (χ0v) is 33.7. The first-order valence-corrected chi connectivity index (χ1v) is 19.4. The summed E-state index contributed by atoms with van der Waals surface area (Å²) in [5.74, 6) is -17.6. The predicted octanol–water partition coefficient (Wildman–Crippen LogP) is 13.3. The molecule has 6 rings (SSSR count). The van der Waals surface area contributed by atoms with Crippen LogP contribution in [0.3, 0.4) is 0 Å². The number of benzene rings is 4. The van der Waals surface area contributed by atoms with E-state index in [4.69, 9.17) is 5.73 Å².